The second-order valence-corrected chi connectivity index (χ2v) is 5.61. The van der Waals surface area contributed by atoms with E-state index in [0.29, 0.717) is 0 Å². The van der Waals surface area contributed by atoms with E-state index in [1.54, 1.807) is 0 Å². The van der Waals surface area contributed by atoms with Gasteiger partial charge in [-0.2, -0.15) is 0 Å². The summed E-state index contributed by atoms with van der Waals surface area (Å²) in [6.45, 7) is 2.91. The number of nitrogens with zero attached hydrogens (tertiary/aromatic N) is 2. The molecule has 0 aliphatic carbocycles. The Morgan fingerprint density at radius 3 is 2.38 bits per heavy atom. The zero-order valence-electron chi connectivity index (χ0n) is 12.4. The van der Waals surface area contributed by atoms with Gasteiger partial charge in [-0.05, 0) is 24.1 Å². The minimum atomic E-state index is -0.391. The van der Waals surface area contributed by atoms with Gasteiger partial charge in [-0.1, -0.05) is 42.5 Å². The van der Waals surface area contributed by atoms with Crippen molar-refractivity contribution in [1.29, 1.82) is 0 Å². The lowest BCUT2D eigenvalue weighted by atomic mass is 10.1. The van der Waals surface area contributed by atoms with Gasteiger partial charge in [0.05, 0.1) is 17.5 Å². The highest BCUT2D eigenvalue weighted by molar-refractivity contribution is 5.73. The molecular formula is C18H22N2O. The number of aliphatic hydroxyl groups is 1. The molecule has 0 aromatic heterocycles. The van der Waals surface area contributed by atoms with Crippen LogP contribution in [0.15, 0.2) is 54.6 Å². The lowest BCUT2D eigenvalue weighted by Gasteiger charge is -2.37. The maximum atomic E-state index is 10.3. The highest BCUT2D eigenvalue weighted by Gasteiger charge is 2.20. The van der Waals surface area contributed by atoms with Crippen molar-refractivity contribution in [3.05, 3.63) is 60.2 Å². The SMILES string of the molecule is CN1CCN(CCC(O)c2ccccc2)c2ccccc21. The van der Waals surface area contributed by atoms with Crippen LogP contribution in [0.5, 0.6) is 0 Å². The van der Waals surface area contributed by atoms with Gasteiger partial charge < -0.3 is 14.9 Å². The van der Waals surface area contributed by atoms with E-state index in [1.165, 1.54) is 11.4 Å². The summed E-state index contributed by atoms with van der Waals surface area (Å²) in [4.78, 5) is 4.67. The van der Waals surface area contributed by atoms with Crippen molar-refractivity contribution in [2.75, 3.05) is 36.5 Å². The summed E-state index contributed by atoms with van der Waals surface area (Å²) in [5, 5.41) is 10.3. The van der Waals surface area contributed by atoms with Crippen LogP contribution >= 0.6 is 0 Å². The topological polar surface area (TPSA) is 26.7 Å². The van der Waals surface area contributed by atoms with Crippen molar-refractivity contribution < 1.29 is 5.11 Å². The van der Waals surface area contributed by atoms with E-state index < -0.39 is 6.10 Å². The minimum Gasteiger partial charge on any atom is -0.388 e. The van der Waals surface area contributed by atoms with E-state index in [0.717, 1.165) is 31.6 Å². The molecule has 0 bridgehead atoms. The first-order chi connectivity index (χ1) is 10.3. The number of rotatable bonds is 4. The number of hydrogen-bond acceptors (Lipinski definition) is 3. The highest BCUT2D eigenvalue weighted by atomic mass is 16.3. The van der Waals surface area contributed by atoms with Crippen molar-refractivity contribution in [3.63, 3.8) is 0 Å². The van der Waals surface area contributed by atoms with E-state index >= 15 is 0 Å². The van der Waals surface area contributed by atoms with Crippen molar-refractivity contribution >= 4 is 11.4 Å². The standard InChI is InChI=1S/C18H22N2O/c1-19-13-14-20(17-10-6-5-9-16(17)19)12-11-18(21)15-7-3-2-4-8-15/h2-10,18,21H,11-14H2,1H3. The molecule has 1 N–H and O–H groups in total. The third-order valence-electron chi connectivity index (χ3n) is 4.20. The van der Waals surface area contributed by atoms with Gasteiger partial charge in [-0.15, -0.1) is 0 Å². The Kier molecular flexibility index (Phi) is 4.11. The molecule has 2 aromatic rings. The molecule has 2 aromatic carbocycles. The predicted octanol–water partition coefficient (Wildman–Crippen LogP) is 3.07. The molecule has 0 radical (unpaired) electrons. The first-order valence-electron chi connectivity index (χ1n) is 7.54. The van der Waals surface area contributed by atoms with Gasteiger partial charge >= 0.3 is 0 Å². The van der Waals surface area contributed by atoms with Crippen LogP contribution in [0.3, 0.4) is 0 Å². The van der Waals surface area contributed by atoms with Crippen LogP contribution in [0.2, 0.25) is 0 Å². The molecule has 0 spiro atoms. The average Bonchev–Trinajstić information content (AvgIpc) is 2.55. The summed E-state index contributed by atoms with van der Waals surface area (Å²) in [7, 11) is 2.13. The second-order valence-electron chi connectivity index (χ2n) is 5.61. The zero-order chi connectivity index (χ0) is 14.7. The molecule has 0 amide bonds. The second kappa shape index (κ2) is 6.19. The Balaban J connectivity index is 1.68. The third kappa shape index (κ3) is 3.03. The van der Waals surface area contributed by atoms with Crippen molar-refractivity contribution in [3.8, 4) is 0 Å². The number of benzene rings is 2. The summed E-state index contributed by atoms with van der Waals surface area (Å²) in [6, 6.07) is 18.4. The molecule has 3 nitrogen and oxygen atoms in total. The van der Waals surface area contributed by atoms with Crippen LogP contribution in [0, 0.1) is 0 Å². The smallest absolute Gasteiger partial charge is 0.0806 e. The van der Waals surface area contributed by atoms with Gasteiger partial charge in [0, 0.05) is 26.7 Å². The lowest BCUT2D eigenvalue weighted by Crippen LogP contribution is -2.39. The molecule has 3 heteroatoms. The lowest BCUT2D eigenvalue weighted by molar-refractivity contribution is 0.169. The van der Waals surface area contributed by atoms with E-state index in [9.17, 15) is 5.11 Å². The molecule has 1 atom stereocenters. The molecule has 21 heavy (non-hydrogen) atoms. The summed E-state index contributed by atoms with van der Waals surface area (Å²) in [6.07, 6.45) is 0.361. The highest BCUT2D eigenvalue weighted by Crippen LogP contribution is 2.32. The fraction of sp³-hybridized carbons (Fsp3) is 0.333. The zero-order valence-corrected chi connectivity index (χ0v) is 12.4. The van der Waals surface area contributed by atoms with E-state index in [4.69, 9.17) is 0 Å². The Hall–Kier alpha value is -2.00. The van der Waals surface area contributed by atoms with Crippen molar-refractivity contribution in [2.45, 2.75) is 12.5 Å². The minimum absolute atomic E-state index is 0.391. The van der Waals surface area contributed by atoms with E-state index in [2.05, 4.69) is 41.1 Å². The van der Waals surface area contributed by atoms with Crippen molar-refractivity contribution in [1.82, 2.24) is 0 Å². The monoisotopic (exact) mass is 282 g/mol. The van der Waals surface area contributed by atoms with Crippen LogP contribution in [0.1, 0.15) is 18.1 Å². The van der Waals surface area contributed by atoms with Crippen LogP contribution < -0.4 is 9.80 Å². The third-order valence-corrected chi connectivity index (χ3v) is 4.20. The number of fused-ring (bicyclic) bond motifs is 1. The Morgan fingerprint density at radius 2 is 1.62 bits per heavy atom. The number of hydrogen-bond donors (Lipinski definition) is 1. The van der Waals surface area contributed by atoms with Gasteiger partial charge in [0.25, 0.3) is 0 Å². The van der Waals surface area contributed by atoms with Gasteiger partial charge in [-0.3, -0.25) is 0 Å². The van der Waals surface area contributed by atoms with Gasteiger partial charge in [0.15, 0.2) is 0 Å². The van der Waals surface area contributed by atoms with Gasteiger partial charge in [0.2, 0.25) is 0 Å². The molecule has 1 heterocycles. The van der Waals surface area contributed by atoms with E-state index in [1.807, 2.05) is 30.3 Å². The normalized spacial score (nSPS) is 15.7. The molecule has 1 unspecified atom stereocenters. The molecule has 0 saturated heterocycles. The molecule has 3 rings (SSSR count). The summed E-state index contributed by atoms with van der Waals surface area (Å²) in [5.41, 5.74) is 3.55. The van der Waals surface area contributed by atoms with E-state index in [-0.39, 0.29) is 0 Å². The average molecular weight is 282 g/mol. The predicted molar refractivity (Wildman–Crippen MR) is 87.9 cm³/mol. The van der Waals surface area contributed by atoms with Crippen molar-refractivity contribution in [2.24, 2.45) is 0 Å². The Labute approximate surface area is 126 Å². The number of likely N-dealkylation sites (N-methyl/N-ethyl adjacent to an activating group) is 1. The molecule has 1 aliphatic rings. The van der Waals surface area contributed by atoms with Gasteiger partial charge in [0.1, 0.15) is 0 Å². The first-order valence-corrected chi connectivity index (χ1v) is 7.54. The molecule has 1 aliphatic heterocycles. The van der Waals surface area contributed by atoms with Crippen LogP contribution in [0.4, 0.5) is 11.4 Å². The van der Waals surface area contributed by atoms with Gasteiger partial charge in [-0.25, -0.2) is 0 Å². The Bertz CT molecular complexity index is 585. The quantitative estimate of drug-likeness (QED) is 0.933. The number of anilines is 2. The first kappa shape index (κ1) is 14.0. The molecular weight excluding hydrogens is 260 g/mol. The molecule has 0 fully saturated rings. The fourth-order valence-corrected chi connectivity index (χ4v) is 2.92. The number of aliphatic hydroxyl groups excluding tert-OH is 1. The maximum Gasteiger partial charge on any atom is 0.0806 e. The molecule has 110 valence electrons. The summed E-state index contributed by atoms with van der Waals surface area (Å²) in [5.74, 6) is 0. The largest absolute Gasteiger partial charge is 0.388 e. The molecule has 0 saturated carbocycles. The maximum absolute atomic E-state index is 10.3. The summed E-state index contributed by atoms with van der Waals surface area (Å²) < 4.78 is 0. The fourth-order valence-electron chi connectivity index (χ4n) is 2.92. The van der Waals surface area contributed by atoms with Crippen LogP contribution in [-0.4, -0.2) is 31.8 Å². The van der Waals surface area contributed by atoms with Crippen LogP contribution in [0.25, 0.3) is 0 Å². The Morgan fingerprint density at radius 1 is 0.952 bits per heavy atom. The van der Waals surface area contributed by atoms with Crippen LogP contribution in [-0.2, 0) is 0 Å². The number of para-hydroxylation sites is 2. The summed E-state index contributed by atoms with van der Waals surface area (Å²) >= 11 is 0.